The van der Waals surface area contributed by atoms with Gasteiger partial charge >= 0.3 is 0 Å². The number of nitrogens with zero attached hydrogens (tertiary/aromatic N) is 2. The number of carbonyl (C=O) groups excluding carboxylic acids is 2. The van der Waals surface area contributed by atoms with Gasteiger partial charge in [0, 0.05) is 39.8 Å². The van der Waals surface area contributed by atoms with Gasteiger partial charge in [-0.1, -0.05) is 0 Å². The van der Waals surface area contributed by atoms with Crippen LogP contribution >= 0.6 is 12.4 Å². The number of hydrogen-bond acceptors (Lipinski definition) is 3. The molecule has 1 N–H and O–H groups in total. The average Bonchev–Trinajstić information content (AvgIpc) is 2.18. The summed E-state index contributed by atoms with van der Waals surface area (Å²) in [6, 6.07) is 0.182. The molecule has 1 heterocycles. The monoisotopic (exact) mass is 249 g/mol. The van der Waals surface area contributed by atoms with Crippen LogP contribution in [0.4, 0.5) is 0 Å². The molecule has 0 saturated carbocycles. The Kier molecular flexibility index (Phi) is 6.36. The van der Waals surface area contributed by atoms with Crippen LogP contribution in [-0.4, -0.2) is 61.4 Å². The van der Waals surface area contributed by atoms with E-state index in [0.717, 1.165) is 13.1 Å². The summed E-state index contributed by atoms with van der Waals surface area (Å²) in [6.45, 7) is 4.30. The van der Waals surface area contributed by atoms with Gasteiger partial charge in [0.05, 0.1) is 0 Å². The highest BCUT2D eigenvalue weighted by molar-refractivity contribution is 5.96. The SMILES string of the molecule is C[C@@H]1CNCCN1C(=O)CC(=O)N(C)C.Cl. The van der Waals surface area contributed by atoms with E-state index >= 15 is 0 Å². The maximum atomic E-state index is 11.8. The quantitative estimate of drug-likeness (QED) is 0.685. The van der Waals surface area contributed by atoms with Crippen LogP contribution in [0.2, 0.25) is 0 Å². The molecule has 1 aliphatic rings. The van der Waals surface area contributed by atoms with Gasteiger partial charge < -0.3 is 15.1 Å². The molecule has 0 unspecified atom stereocenters. The Bertz CT molecular complexity index is 258. The summed E-state index contributed by atoms with van der Waals surface area (Å²) in [5.41, 5.74) is 0. The molecule has 1 fully saturated rings. The largest absolute Gasteiger partial charge is 0.348 e. The Morgan fingerprint density at radius 3 is 2.56 bits per heavy atom. The first kappa shape index (κ1) is 15.2. The van der Waals surface area contributed by atoms with E-state index in [9.17, 15) is 9.59 Å². The summed E-state index contributed by atoms with van der Waals surface area (Å²) in [6.07, 6.45) is -0.0165. The van der Waals surface area contributed by atoms with Crippen LogP contribution < -0.4 is 5.32 Å². The van der Waals surface area contributed by atoms with Gasteiger partial charge in [-0.15, -0.1) is 12.4 Å². The van der Waals surface area contributed by atoms with Crippen LogP contribution in [0.3, 0.4) is 0 Å². The molecule has 2 amide bonds. The van der Waals surface area contributed by atoms with Crippen molar-refractivity contribution in [2.75, 3.05) is 33.7 Å². The lowest BCUT2D eigenvalue weighted by Crippen LogP contribution is -2.52. The Hall–Kier alpha value is -0.810. The first-order valence-electron chi connectivity index (χ1n) is 5.22. The second kappa shape index (κ2) is 6.70. The molecule has 1 atom stereocenters. The van der Waals surface area contributed by atoms with Crippen molar-refractivity contribution in [3.63, 3.8) is 0 Å². The number of piperazine rings is 1. The summed E-state index contributed by atoms with van der Waals surface area (Å²) in [5, 5.41) is 3.21. The molecule has 0 radical (unpaired) electrons. The minimum atomic E-state index is -0.134. The lowest BCUT2D eigenvalue weighted by Gasteiger charge is -2.34. The Balaban J connectivity index is 0.00000225. The van der Waals surface area contributed by atoms with Crippen molar-refractivity contribution in [2.24, 2.45) is 0 Å². The smallest absolute Gasteiger partial charge is 0.232 e. The molecule has 94 valence electrons. The van der Waals surface area contributed by atoms with E-state index in [1.807, 2.05) is 6.92 Å². The molecule has 0 aromatic heterocycles. The minimum absolute atomic E-state index is 0. The van der Waals surface area contributed by atoms with Gasteiger partial charge in [-0.25, -0.2) is 0 Å². The van der Waals surface area contributed by atoms with E-state index in [1.165, 1.54) is 4.90 Å². The number of hydrogen-bond donors (Lipinski definition) is 1. The van der Waals surface area contributed by atoms with Crippen molar-refractivity contribution in [2.45, 2.75) is 19.4 Å². The Labute approximate surface area is 103 Å². The number of halogens is 1. The van der Waals surface area contributed by atoms with Crippen LogP contribution in [0.15, 0.2) is 0 Å². The first-order chi connectivity index (χ1) is 7.02. The molecule has 1 aliphatic heterocycles. The van der Waals surface area contributed by atoms with Crippen LogP contribution in [-0.2, 0) is 9.59 Å². The highest BCUT2D eigenvalue weighted by Gasteiger charge is 2.24. The van der Waals surface area contributed by atoms with E-state index in [-0.39, 0.29) is 36.7 Å². The molecular formula is C10H20ClN3O2. The second-order valence-electron chi connectivity index (χ2n) is 4.11. The number of carbonyl (C=O) groups is 2. The van der Waals surface area contributed by atoms with Crippen molar-refractivity contribution >= 4 is 24.2 Å². The fourth-order valence-electron chi connectivity index (χ4n) is 1.60. The van der Waals surface area contributed by atoms with Crippen LogP contribution in [0.1, 0.15) is 13.3 Å². The molecule has 16 heavy (non-hydrogen) atoms. The zero-order valence-electron chi connectivity index (χ0n) is 10.0. The molecule has 0 spiro atoms. The summed E-state index contributed by atoms with van der Waals surface area (Å²) in [4.78, 5) is 26.4. The second-order valence-corrected chi connectivity index (χ2v) is 4.11. The minimum Gasteiger partial charge on any atom is -0.348 e. The number of amides is 2. The Morgan fingerprint density at radius 1 is 1.44 bits per heavy atom. The highest BCUT2D eigenvalue weighted by atomic mass is 35.5. The molecule has 0 aliphatic carbocycles. The van der Waals surface area contributed by atoms with E-state index in [4.69, 9.17) is 0 Å². The van der Waals surface area contributed by atoms with E-state index in [2.05, 4.69) is 5.32 Å². The molecule has 6 heteroatoms. The molecule has 0 bridgehead atoms. The van der Waals surface area contributed by atoms with Crippen molar-refractivity contribution < 1.29 is 9.59 Å². The molecule has 0 aromatic carbocycles. The summed E-state index contributed by atoms with van der Waals surface area (Å²) in [5.74, 6) is -0.201. The van der Waals surface area contributed by atoms with Gasteiger partial charge in [0.15, 0.2) is 0 Å². The maximum absolute atomic E-state index is 11.8. The fraction of sp³-hybridized carbons (Fsp3) is 0.800. The van der Waals surface area contributed by atoms with Gasteiger partial charge in [0.1, 0.15) is 6.42 Å². The zero-order valence-corrected chi connectivity index (χ0v) is 10.8. The van der Waals surface area contributed by atoms with Crippen LogP contribution in [0, 0.1) is 0 Å². The lowest BCUT2D eigenvalue weighted by molar-refractivity contribution is -0.141. The van der Waals surface area contributed by atoms with Crippen molar-refractivity contribution in [3.05, 3.63) is 0 Å². The molecule has 5 nitrogen and oxygen atoms in total. The number of rotatable bonds is 2. The fourth-order valence-corrected chi connectivity index (χ4v) is 1.60. The van der Waals surface area contributed by atoms with Gasteiger partial charge in [-0.05, 0) is 6.92 Å². The van der Waals surface area contributed by atoms with Gasteiger partial charge in [-0.3, -0.25) is 9.59 Å². The highest BCUT2D eigenvalue weighted by Crippen LogP contribution is 2.05. The maximum Gasteiger partial charge on any atom is 0.232 e. The predicted molar refractivity (Wildman–Crippen MR) is 64.6 cm³/mol. The third-order valence-corrected chi connectivity index (χ3v) is 2.62. The van der Waals surface area contributed by atoms with Crippen molar-refractivity contribution in [1.82, 2.24) is 15.1 Å². The van der Waals surface area contributed by atoms with E-state index < -0.39 is 0 Å². The Morgan fingerprint density at radius 2 is 2.06 bits per heavy atom. The van der Waals surface area contributed by atoms with Gasteiger partial charge in [0.25, 0.3) is 0 Å². The standard InChI is InChI=1S/C10H19N3O2.ClH/c1-8-7-11-4-5-13(8)10(15)6-9(14)12(2)3;/h8,11H,4-7H2,1-3H3;1H/t8-;/m1./s1. The molecule has 0 aromatic rings. The van der Waals surface area contributed by atoms with E-state index in [0.29, 0.717) is 6.54 Å². The third-order valence-electron chi connectivity index (χ3n) is 2.62. The normalized spacial score (nSPS) is 19.9. The molecule has 1 saturated heterocycles. The van der Waals surface area contributed by atoms with E-state index in [1.54, 1.807) is 19.0 Å². The van der Waals surface area contributed by atoms with Crippen LogP contribution in [0.25, 0.3) is 0 Å². The van der Waals surface area contributed by atoms with Crippen molar-refractivity contribution in [1.29, 1.82) is 0 Å². The molecule has 1 rings (SSSR count). The predicted octanol–water partition coefficient (Wildman–Crippen LogP) is -0.293. The lowest BCUT2D eigenvalue weighted by atomic mass is 10.2. The zero-order chi connectivity index (χ0) is 11.4. The third kappa shape index (κ3) is 3.98. The summed E-state index contributed by atoms with van der Waals surface area (Å²) in [7, 11) is 3.33. The summed E-state index contributed by atoms with van der Waals surface area (Å²) < 4.78 is 0. The molecular weight excluding hydrogens is 230 g/mol. The summed E-state index contributed by atoms with van der Waals surface area (Å²) >= 11 is 0. The van der Waals surface area contributed by atoms with Crippen LogP contribution in [0.5, 0.6) is 0 Å². The van der Waals surface area contributed by atoms with Gasteiger partial charge in [-0.2, -0.15) is 0 Å². The number of nitrogens with one attached hydrogen (secondary N) is 1. The van der Waals surface area contributed by atoms with Crippen molar-refractivity contribution in [3.8, 4) is 0 Å². The first-order valence-corrected chi connectivity index (χ1v) is 5.22. The van der Waals surface area contributed by atoms with Gasteiger partial charge in [0.2, 0.25) is 11.8 Å². The average molecular weight is 250 g/mol. The topological polar surface area (TPSA) is 52.7 Å².